The Morgan fingerprint density at radius 2 is 2.06 bits per heavy atom. The summed E-state index contributed by atoms with van der Waals surface area (Å²) in [7, 11) is 0. The van der Waals surface area contributed by atoms with Crippen LogP contribution in [0.25, 0.3) is 0 Å². The Labute approximate surface area is 92.9 Å². The molecule has 0 aromatic heterocycles. The van der Waals surface area contributed by atoms with Crippen molar-refractivity contribution >= 4 is 12.6 Å². The average molecular weight is 223 g/mol. The van der Waals surface area contributed by atoms with Crippen LogP contribution in [0.2, 0.25) is 0 Å². The molecule has 16 heavy (non-hydrogen) atoms. The van der Waals surface area contributed by atoms with Crippen LogP contribution in [-0.4, -0.2) is 18.9 Å². The van der Waals surface area contributed by atoms with Gasteiger partial charge in [-0.25, -0.2) is 9.59 Å². The molecular formula is C11H11O5. The van der Waals surface area contributed by atoms with E-state index in [1.807, 2.05) is 30.3 Å². The number of ether oxygens (including phenoxy) is 3. The van der Waals surface area contributed by atoms with Gasteiger partial charge >= 0.3 is 12.6 Å². The van der Waals surface area contributed by atoms with E-state index in [0.29, 0.717) is 0 Å². The van der Waals surface area contributed by atoms with Gasteiger partial charge in [-0.15, -0.1) is 0 Å². The molecular weight excluding hydrogens is 212 g/mol. The topological polar surface area (TPSA) is 61.8 Å². The van der Waals surface area contributed by atoms with Gasteiger partial charge in [-0.2, -0.15) is 0 Å². The van der Waals surface area contributed by atoms with E-state index in [1.54, 1.807) is 0 Å². The number of carbonyl (C=O) groups is 1. The van der Waals surface area contributed by atoms with Crippen molar-refractivity contribution in [2.75, 3.05) is 0 Å². The molecule has 5 heteroatoms. The predicted molar refractivity (Wildman–Crippen MR) is 54.0 cm³/mol. The Kier molecular flexibility index (Phi) is 4.85. The Morgan fingerprint density at radius 1 is 1.38 bits per heavy atom. The van der Waals surface area contributed by atoms with Gasteiger partial charge in [0.1, 0.15) is 6.61 Å². The lowest BCUT2D eigenvalue weighted by Gasteiger charge is -2.10. The summed E-state index contributed by atoms with van der Waals surface area (Å²) >= 11 is 0. The number of carbonyl (C=O) groups excluding carboxylic acids is 2. The maximum absolute atomic E-state index is 11.0. The van der Waals surface area contributed by atoms with Crippen molar-refractivity contribution in [1.29, 1.82) is 0 Å². The van der Waals surface area contributed by atoms with Crippen molar-refractivity contribution in [2.45, 2.75) is 19.8 Å². The van der Waals surface area contributed by atoms with Crippen molar-refractivity contribution in [3.8, 4) is 0 Å². The third kappa shape index (κ3) is 4.45. The van der Waals surface area contributed by atoms with Gasteiger partial charge in [0.2, 0.25) is 6.29 Å². The van der Waals surface area contributed by atoms with E-state index in [-0.39, 0.29) is 6.61 Å². The standard InChI is InChI=1S/C11H11O5/c1-9(15-8-12)16-11(13)14-7-10-5-3-2-4-6-10/h2-6,9H,7H2,1H3. The van der Waals surface area contributed by atoms with Gasteiger partial charge in [0.05, 0.1) is 0 Å². The number of hydrogen-bond acceptors (Lipinski definition) is 5. The van der Waals surface area contributed by atoms with Crippen molar-refractivity contribution in [1.82, 2.24) is 0 Å². The fourth-order valence-corrected chi connectivity index (χ4v) is 0.978. The minimum absolute atomic E-state index is 0.108. The molecule has 1 aromatic carbocycles. The maximum Gasteiger partial charge on any atom is 0.511 e. The first kappa shape index (κ1) is 12.0. The van der Waals surface area contributed by atoms with Crippen LogP contribution in [0.5, 0.6) is 0 Å². The predicted octanol–water partition coefficient (Wildman–Crippen LogP) is 1.77. The van der Waals surface area contributed by atoms with Crippen LogP contribution in [-0.2, 0) is 25.6 Å². The molecule has 0 N–H and O–H groups in total. The second-order valence-electron chi connectivity index (χ2n) is 2.91. The van der Waals surface area contributed by atoms with Crippen LogP contribution in [0.4, 0.5) is 4.79 Å². The highest BCUT2D eigenvalue weighted by Gasteiger charge is 2.10. The maximum atomic E-state index is 11.0. The molecule has 0 bridgehead atoms. The van der Waals surface area contributed by atoms with E-state index in [4.69, 9.17) is 4.74 Å². The molecule has 1 rings (SSSR count). The summed E-state index contributed by atoms with van der Waals surface area (Å²) in [5.74, 6) is 0. The molecule has 0 saturated heterocycles. The summed E-state index contributed by atoms with van der Waals surface area (Å²) in [4.78, 5) is 20.8. The summed E-state index contributed by atoms with van der Waals surface area (Å²) < 4.78 is 13.6. The molecule has 0 aliphatic rings. The third-order valence-electron chi connectivity index (χ3n) is 1.68. The smallest absolute Gasteiger partial charge is 0.429 e. The van der Waals surface area contributed by atoms with Gasteiger partial charge < -0.3 is 14.2 Å². The summed E-state index contributed by atoms with van der Waals surface area (Å²) in [5, 5.41) is 0. The van der Waals surface area contributed by atoms with Crippen LogP contribution >= 0.6 is 0 Å². The van der Waals surface area contributed by atoms with E-state index >= 15 is 0 Å². The van der Waals surface area contributed by atoms with Crippen molar-refractivity contribution in [3.63, 3.8) is 0 Å². The highest BCUT2D eigenvalue weighted by molar-refractivity contribution is 5.60. The normalized spacial score (nSPS) is 11.3. The van der Waals surface area contributed by atoms with Gasteiger partial charge in [0.25, 0.3) is 0 Å². The van der Waals surface area contributed by atoms with Crippen LogP contribution in [0.1, 0.15) is 12.5 Å². The monoisotopic (exact) mass is 223 g/mol. The lowest BCUT2D eigenvalue weighted by atomic mass is 10.2. The van der Waals surface area contributed by atoms with Gasteiger partial charge in [-0.1, -0.05) is 30.3 Å². The van der Waals surface area contributed by atoms with Crippen molar-refractivity contribution < 1.29 is 23.8 Å². The Bertz CT molecular complexity index is 335. The van der Waals surface area contributed by atoms with Crippen LogP contribution in [0.15, 0.2) is 30.3 Å². The zero-order chi connectivity index (χ0) is 11.8. The quantitative estimate of drug-likeness (QED) is 0.562. The highest BCUT2D eigenvalue weighted by atomic mass is 16.8. The molecule has 85 valence electrons. The van der Waals surface area contributed by atoms with E-state index < -0.39 is 12.4 Å². The molecule has 1 unspecified atom stereocenters. The molecule has 0 heterocycles. The fraction of sp³-hybridized carbons (Fsp3) is 0.273. The Morgan fingerprint density at radius 3 is 2.69 bits per heavy atom. The van der Waals surface area contributed by atoms with Crippen LogP contribution in [0.3, 0.4) is 0 Å². The van der Waals surface area contributed by atoms with E-state index in [2.05, 4.69) is 9.47 Å². The van der Waals surface area contributed by atoms with Gasteiger partial charge in [-0.3, -0.25) is 0 Å². The molecule has 0 saturated carbocycles. The second-order valence-corrected chi connectivity index (χ2v) is 2.91. The summed E-state index contributed by atoms with van der Waals surface area (Å²) in [6.45, 7) is 2.66. The molecule has 0 aliphatic heterocycles. The van der Waals surface area contributed by atoms with E-state index in [0.717, 1.165) is 12.0 Å². The number of benzene rings is 1. The molecule has 1 atom stereocenters. The third-order valence-corrected chi connectivity index (χ3v) is 1.68. The molecule has 1 aromatic rings. The minimum Gasteiger partial charge on any atom is -0.429 e. The molecule has 0 fully saturated rings. The molecule has 5 nitrogen and oxygen atoms in total. The van der Waals surface area contributed by atoms with Gasteiger partial charge in [-0.05, 0) is 5.56 Å². The van der Waals surface area contributed by atoms with Crippen LogP contribution < -0.4 is 0 Å². The van der Waals surface area contributed by atoms with E-state index in [9.17, 15) is 9.59 Å². The minimum atomic E-state index is -0.999. The highest BCUT2D eigenvalue weighted by Crippen LogP contribution is 2.02. The molecule has 0 spiro atoms. The zero-order valence-corrected chi connectivity index (χ0v) is 8.71. The molecule has 0 amide bonds. The summed E-state index contributed by atoms with van der Waals surface area (Å²) in [6, 6.07) is 9.14. The first-order valence-corrected chi connectivity index (χ1v) is 4.62. The van der Waals surface area contributed by atoms with Crippen molar-refractivity contribution in [3.05, 3.63) is 35.9 Å². The first-order valence-electron chi connectivity index (χ1n) is 4.62. The Hall–Kier alpha value is -2.04. The van der Waals surface area contributed by atoms with Crippen LogP contribution in [0, 0.1) is 0 Å². The lowest BCUT2D eigenvalue weighted by Crippen LogP contribution is -2.18. The van der Waals surface area contributed by atoms with E-state index in [1.165, 1.54) is 6.92 Å². The Balaban J connectivity index is 2.28. The second kappa shape index (κ2) is 6.44. The first-order chi connectivity index (χ1) is 7.72. The largest absolute Gasteiger partial charge is 0.511 e. The van der Waals surface area contributed by atoms with Gasteiger partial charge in [0.15, 0.2) is 0 Å². The zero-order valence-electron chi connectivity index (χ0n) is 8.71. The van der Waals surface area contributed by atoms with Gasteiger partial charge in [0, 0.05) is 6.92 Å². The lowest BCUT2D eigenvalue weighted by molar-refractivity contribution is -0.0626. The average Bonchev–Trinajstić information content (AvgIpc) is 2.28. The molecule has 1 radical (unpaired) electrons. The van der Waals surface area contributed by atoms with Crippen molar-refractivity contribution in [2.24, 2.45) is 0 Å². The molecule has 0 aliphatic carbocycles. The number of rotatable bonds is 5. The summed E-state index contributed by atoms with van der Waals surface area (Å²) in [5.41, 5.74) is 0.843. The summed E-state index contributed by atoms with van der Waals surface area (Å²) in [6.07, 6.45) is -1.90. The fourth-order valence-electron chi connectivity index (χ4n) is 0.978. The number of hydrogen-bond donors (Lipinski definition) is 0. The SMILES string of the molecule is CC(O[C]=O)OC(=O)OCc1ccccc1.